The maximum Gasteiger partial charge on any atom is 0.261 e. The first-order chi connectivity index (χ1) is 16.5. The van der Waals surface area contributed by atoms with Gasteiger partial charge in [0.05, 0.1) is 17.4 Å². The lowest BCUT2D eigenvalue weighted by Crippen LogP contribution is -2.67. The monoisotopic (exact) mass is 491 g/mol. The number of aromatic nitrogens is 1. The number of hydrogen-bond acceptors (Lipinski definition) is 5. The second-order valence-corrected chi connectivity index (χ2v) is 9.92. The zero-order valence-corrected chi connectivity index (χ0v) is 20.2. The standard InChI is InChI=1S/C26H23Cl2N5O/c1-17-26(25(34)33(30-17)21-9-7-19(27)8-10-21)15-18-5-6-20(28)14-22(18)32-13-12-31(16-23(26)32)24-4-2-3-11-29-24/h2-11,14,23H,12-13,15-16H2,1H3/t23-,26-/m1/s1. The van der Waals surface area contributed by atoms with E-state index in [1.165, 1.54) is 0 Å². The molecule has 2 aromatic carbocycles. The first-order valence-corrected chi connectivity index (χ1v) is 12.1. The molecular weight excluding hydrogens is 469 g/mol. The molecular formula is C26H23Cl2N5O. The zero-order chi connectivity index (χ0) is 23.4. The van der Waals surface area contributed by atoms with E-state index in [0.29, 0.717) is 23.0 Å². The summed E-state index contributed by atoms with van der Waals surface area (Å²) in [5.41, 5.74) is 2.98. The number of rotatable bonds is 2. The summed E-state index contributed by atoms with van der Waals surface area (Å²) in [6.07, 6.45) is 2.39. The molecule has 0 aliphatic carbocycles. The average Bonchev–Trinajstić information content (AvgIpc) is 3.11. The lowest BCUT2D eigenvalue weighted by Gasteiger charge is -2.53. The van der Waals surface area contributed by atoms with E-state index >= 15 is 0 Å². The molecule has 0 saturated carbocycles. The Morgan fingerprint density at radius 1 is 1.00 bits per heavy atom. The number of carbonyl (C=O) groups is 1. The van der Waals surface area contributed by atoms with Crippen LogP contribution in [0.15, 0.2) is 72.0 Å². The molecule has 0 bridgehead atoms. The summed E-state index contributed by atoms with van der Waals surface area (Å²) >= 11 is 12.5. The highest BCUT2D eigenvalue weighted by Gasteiger charge is 2.60. The Morgan fingerprint density at radius 3 is 2.56 bits per heavy atom. The maximum atomic E-state index is 14.2. The van der Waals surface area contributed by atoms with Gasteiger partial charge in [-0.2, -0.15) is 10.1 Å². The van der Waals surface area contributed by atoms with Crippen LogP contribution in [-0.4, -0.2) is 42.3 Å². The van der Waals surface area contributed by atoms with Gasteiger partial charge in [-0.1, -0.05) is 35.3 Å². The van der Waals surface area contributed by atoms with E-state index in [4.69, 9.17) is 28.3 Å². The van der Waals surface area contributed by atoms with Crippen molar-refractivity contribution in [2.75, 3.05) is 34.4 Å². The van der Waals surface area contributed by atoms with E-state index < -0.39 is 5.41 Å². The Labute approximate surface area is 208 Å². The van der Waals surface area contributed by atoms with Gasteiger partial charge in [-0.3, -0.25) is 4.79 Å². The Kier molecular flexibility index (Phi) is 5.04. The molecule has 0 radical (unpaired) electrons. The summed E-state index contributed by atoms with van der Waals surface area (Å²) in [4.78, 5) is 23.4. The minimum atomic E-state index is -0.784. The topological polar surface area (TPSA) is 52.0 Å². The molecule has 2 atom stereocenters. The lowest BCUT2D eigenvalue weighted by atomic mass is 9.67. The van der Waals surface area contributed by atoms with E-state index in [1.54, 1.807) is 17.1 Å². The number of piperazine rings is 1. The van der Waals surface area contributed by atoms with Gasteiger partial charge in [0, 0.05) is 41.6 Å². The number of nitrogens with zero attached hydrogens (tertiary/aromatic N) is 5. The van der Waals surface area contributed by atoms with Gasteiger partial charge in [0.15, 0.2) is 0 Å². The number of hydrazone groups is 1. The molecule has 1 spiro atoms. The minimum Gasteiger partial charge on any atom is -0.363 e. The number of anilines is 3. The van der Waals surface area contributed by atoms with Crippen molar-refractivity contribution in [3.8, 4) is 0 Å². The average molecular weight is 492 g/mol. The summed E-state index contributed by atoms with van der Waals surface area (Å²) in [7, 11) is 0. The molecule has 1 amide bonds. The quantitative estimate of drug-likeness (QED) is 0.503. The third-order valence-electron chi connectivity index (χ3n) is 7.29. The van der Waals surface area contributed by atoms with Gasteiger partial charge in [0.1, 0.15) is 11.2 Å². The number of amides is 1. The van der Waals surface area contributed by atoms with Gasteiger partial charge in [-0.15, -0.1) is 0 Å². The highest BCUT2D eigenvalue weighted by molar-refractivity contribution is 6.31. The van der Waals surface area contributed by atoms with Gasteiger partial charge in [-0.05, 0) is 67.4 Å². The fourth-order valence-corrected chi connectivity index (χ4v) is 5.88. The van der Waals surface area contributed by atoms with Crippen molar-refractivity contribution in [2.24, 2.45) is 10.5 Å². The molecule has 3 aliphatic rings. The third-order valence-corrected chi connectivity index (χ3v) is 7.78. The van der Waals surface area contributed by atoms with Gasteiger partial charge >= 0.3 is 0 Å². The van der Waals surface area contributed by atoms with E-state index in [2.05, 4.69) is 14.8 Å². The summed E-state index contributed by atoms with van der Waals surface area (Å²) in [5.74, 6) is 0.912. The van der Waals surface area contributed by atoms with Crippen LogP contribution in [0.1, 0.15) is 12.5 Å². The molecule has 6 nitrogen and oxygen atoms in total. The van der Waals surface area contributed by atoms with Gasteiger partial charge in [0.25, 0.3) is 5.91 Å². The van der Waals surface area contributed by atoms with E-state index in [1.807, 2.05) is 61.7 Å². The first-order valence-electron chi connectivity index (χ1n) is 11.3. The first kappa shape index (κ1) is 21.4. The van der Waals surface area contributed by atoms with Crippen molar-refractivity contribution in [1.82, 2.24) is 4.98 Å². The highest BCUT2D eigenvalue weighted by Crippen LogP contribution is 2.49. The fraction of sp³-hybridized carbons (Fsp3) is 0.269. The fourth-order valence-electron chi connectivity index (χ4n) is 5.59. The highest BCUT2D eigenvalue weighted by atomic mass is 35.5. The van der Waals surface area contributed by atoms with Crippen LogP contribution >= 0.6 is 23.2 Å². The molecule has 0 unspecified atom stereocenters. The summed E-state index contributed by atoms with van der Waals surface area (Å²) in [5, 5.41) is 7.67. The van der Waals surface area contributed by atoms with Gasteiger partial charge in [0.2, 0.25) is 0 Å². The minimum absolute atomic E-state index is 0.00852. The van der Waals surface area contributed by atoms with Crippen LogP contribution in [0, 0.1) is 5.41 Å². The van der Waals surface area contributed by atoms with Crippen molar-refractivity contribution >= 4 is 52.0 Å². The Hall–Kier alpha value is -3.09. The Balaban J connectivity index is 1.46. The lowest BCUT2D eigenvalue weighted by molar-refractivity contribution is -0.125. The number of fused-ring (bicyclic) bond motifs is 4. The summed E-state index contributed by atoms with van der Waals surface area (Å²) in [6, 6.07) is 19.1. The number of hydrogen-bond donors (Lipinski definition) is 0. The molecule has 1 saturated heterocycles. The normalized spacial score (nSPS) is 23.7. The number of benzene rings is 2. The van der Waals surface area contributed by atoms with Crippen LogP contribution in [0.4, 0.5) is 17.2 Å². The van der Waals surface area contributed by atoms with Crippen LogP contribution in [0.25, 0.3) is 0 Å². The second-order valence-electron chi connectivity index (χ2n) is 9.04. The van der Waals surface area contributed by atoms with Gasteiger partial charge < -0.3 is 9.80 Å². The predicted octanol–water partition coefficient (Wildman–Crippen LogP) is 5.05. The molecule has 34 heavy (non-hydrogen) atoms. The summed E-state index contributed by atoms with van der Waals surface area (Å²) in [6.45, 7) is 4.21. The molecule has 1 fully saturated rings. The van der Waals surface area contributed by atoms with Crippen molar-refractivity contribution in [3.63, 3.8) is 0 Å². The van der Waals surface area contributed by atoms with E-state index in [9.17, 15) is 4.79 Å². The number of halogens is 2. The Morgan fingerprint density at radius 2 is 1.79 bits per heavy atom. The van der Waals surface area contributed by atoms with Crippen LogP contribution in [0.5, 0.6) is 0 Å². The molecule has 3 aliphatic heterocycles. The van der Waals surface area contributed by atoms with Crippen LogP contribution < -0.4 is 14.8 Å². The molecule has 3 aromatic rings. The molecule has 6 rings (SSSR count). The van der Waals surface area contributed by atoms with Crippen LogP contribution in [0.2, 0.25) is 10.0 Å². The summed E-state index contributed by atoms with van der Waals surface area (Å²) < 4.78 is 0. The maximum absolute atomic E-state index is 14.2. The predicted molar refractivity (Wildman–Crippen MR) is 137 cm³/mol. The molecule has 4 heterocycles. The number of carbonyl (C=O) groups excluding carboxylic acids is 1. The zero-order valence-electron chi connectivity index (χ0n) is 18.7. The van der Waals surface area contributed by atoms with Gasteiger partial charge in [-0.25, -0.2) is 4.98 Å². The number of pyridine rings is 1. The third kappa shape index (κ3) is 3.20. The molecule has 1 aromatic heterocycles. The van der Waals surface area contributed by atoms with Crippen molar-refractivity contribution in [1.29, 1.82) is 0 Å². The van der Waals surface area contributed by atoms with Crippen molar-refractivity contribution < 1.29 is 4.79 Å². The van der Waals surface area contributed by atoms with E-state index in [0.717, 1.165) is 41.6 Å². The second kappa shape index (κ2) is 8.00. The van der Waals surface area contributed by atoms with Crippen molar-refractivity contribution in [3.05, 3.63) is 82.5 Å². The SMILES string of the molecule is CC1=NN(c2ccc(Cl)cc2)C(=O)[C@]12Cc1ccc(Cl)cc1N1CCN(c3ccccn3)C[C@@H]12. The molecule has 0 N–H and O–H groups in total. The Bertz CT molecular complexity index is 1300. The smallest absolute Gasteiger partial charge is 0.261 e. The van der Waals surface area contributed by atoms with Crippen LogP contribution in [0.3, 0.4) is 0 Å². The van der Waals surface area contributed by atoms with Crippen LogP contribution in [-0.2, 0) is 11.2 Å². The van der Waals surface area contributed by atoms with E-state index in [-0.39, 0.29) is 11.9 Å². The molecule has 172 valence electrons. The largest absolute Gasteiger partial charge is 0.363 e. The van der Waals surface area contributed by atoms with Crippen molar-refractivity contribution in [2.45, 2.75) is 19.4 Å². The molecule has 8 heteroatoms.